The molecule has 3 heterocycles. The molecule has 0 radical (unpaired) electrons. The molecule has 28 heavy (non-hydrogen) atoms. The van der Waals surface area contributed by atoms with Crippen LogP contribution in [-0.4, -0.2) is 53.8 Å². The van der Waals surface area contributed by atoms with Crippen molar-refractivity contribution in [2.75, 3.05) is 26.3 Å². The number of nitrogens with zero attached hydrogens (tertiary/aromatic N) is 4. The van der Waals surface area contributed by atoms with Gasteiger partial charge in [0.15, 0.2) is 11.5 Å². The number of aromatic nitrogens is 3. The minimum Gasteiger partial charge on any atom is -0.490 e. The number of ether oxygens (including phenoxy) is 2. The predicted octanol–water partition coefficient (Wildman–Crippen LogP) is 2.59. The Morgan fingerprint density at radius 2 is 1.93 bits per heavy atom. The maximum Gasteiger partial charge on any atom is 0.243 e. The Hall–Kier alpha value is -2.13. The van der Waals surface area contributed by atoms with Crippen molar-refractivity contribution in [3.05, 3.63) is 30.4 Å². The normalized spacial score (nSPS) is 20.9. The number of piperidine rings is 1. The highest BCUT2D eigenvalue weighted by atomic mass is 32.2. The van der Waals surface area contributed by atoms with E-state index in [1.165, 1.54) is 0 Å². The van der Waals surface area contributed by atoms with E-state index in [1.54, 1.807) is 28.8 Å². The van der Waals surface area contributed by atoms with Gasteiger partial charge in [-0.3, -0.25) is 0 Å². The Morgan fingerprint density at radius 3 is 2.71 bits per heavy atom. The van der Waals surface area contributed by atoms with Crippen molar-refractivity contribution in [3.63, 3.8) is 0 Å². The fourth-order valence-corrected chi connectivity index (χ4v) is 5.31. The molecule has 152 valence electrons. The second kappa shape index (κ2) is 7.71. The molecule has 1 atom stereocenters. The molecule has 0 amide bonds. The minimum atomic E-state index is -3.62. The van der Waals surface area contributed by atoms with Crippen LogP contribution in [0.3, 0.4) is 0 Å². The van der Waals surface area contributed by atoms with Gasteiger partial charge in [-0.05, 0) is 38.8 Å². The van der Waals surface area contributed by atoms with E-state index < -0.39 is 10.0 Å². The first kappa shape index (κ1) is 19.2. The van der Waals surface area contributed by atoms with Gasteiger partial charge < -0.3 is 14.0 Å². The Morgan fingerprint density at radius 1 is 1.14 bits per heavy atom. The molecular formula is C19H26N4O4S. The summed E-state index contributed by atoms with van der Waals surface area (Å²) in [6, 6.07) is 5.10. The number of sulfonamides is 1. The van der Waals surface area contributed by atoms with Gasteiger partial charge in [-0.15, -0.1) is 10.2 Å². The molecule has 1 aromatic carbocycles. The lowest BCUT2D eigenvalue weighted by molar-refractivity contribution is 0.296. The third-order valence-electron chi connectivity index (χ3n) is 5.26. The molecule has 0 saturated carbocycles. The van der Waals surface area contributed by atoms with Crippen LogP contribution >= 0.6 is 0 Å². The van der Waals surface area contributed by atoms with Crippen LogP contribution in [0.25, 0.3) is 0 Å². The summed E-state index contributed by atoms with van der Waals surface area (Å²) in [5.74, 6) is 1.98. The molecule has 2 aliphatic heterocycles. The number of rotatable bonds is 4. The number of hydrogen-bond donors (Lipinski definition) is 0. The van der Waals surface area contributed by atoms with Gasteiger partial charge in [-0.2, -0.15) is 4.31 Å². The SMILES string of the molecule is CC(C)n1cnnc1[C@H]1CCCN(S(=O)(=O)c2ccc3c(c2)OCCCO3)C1. The van der Waals surface area contributed by atoms with E-state index in [9.17, 15) is 8.42 Å². The van der Waals surface area contributed by atoms with Gasteiger partial charge in [0, 0.05) is 37.5 Å². The lowest BCUT2D eigenvalue weighted by Crippen LogP contribution is -2.39. The number of benzene rings is 1. The fraction of sp³-hybridized carbons (Fsp3) is 0.579. The average Bonchev–Trinajstić information content (AvgIpc) is 3.07. The van der Waals surface area contributed by atoms with Crippen molar-refractivity contribution in [2.45, 2.75) is 50.0 Å². The highest BCUT2D eigenvalue weighted by molar-refractivity contribution is 7.89. The summed E-state index contributed by atoms with van der Waals surface area (Å²) in [6.45, 7) is 6.14. The van der Waals surface area contributed by atoms with Crippen LogP contribution in [-0.2, 0) is 10.0 Å². The Bertz CT molecular complexity index is 941. The van der Waals surface area contributed by atoms with Gasteiger partial charge in [0.05, 0.1) is 18.1 Å². The molecule has 0 spiro atoms. The molecule has 1 fully saturated rings. The molecule has 1 saturated heterocycles. The van der Waals surface area contributed by atoms with E-state index in [0.717, 1.165) is 25.1 Å². The van der Waals surface area contributed by atoms with Crippen LogP contribution in [0.1, 0.15) is 50.9 Å². The van der Waals surface area contributed by atoms with Crippen LogP contribution in [0.15, 0.2) is 29.4 Å². The van der Waals surface area contributed by atoms with Gasteiger partial charge in [0.2, 0.25) is 10.0 Å². The maximum atomic E-state index is 13.3. The van der Waals surface area contributed by atoms with Crippen LogP contribution in [0.4, 0.5) is 0 Å². The number of fused-ring (bicyclic) bond motifs is 1. The van der Waals surface area contributed by atoms with Gasteiger partial charge in [-0.25, -0.2) is 8.42 Å². The smallest absolute Gasteiger partial charge is 0.243 e. The zero-order valence-corrected chi connectivity index (χ0v) is 17.1. The summed E-state index contributed by atoms with van der Waals surface area (Å²) >= 11 is 0. The van der Waals surface area contributed by atoms with Crippen molar-refractivity contribution in [3.8, 4) is 11.5 Å². The largest absolute Gasteiger partial charge is 0.490 e. The summed E-state index contributed by atoms with van der Waals surface area (Å²) in [5, 5.41) is 8.31. The van der Waals surface area contributed by atoms with E-state index in [-0.39, 0.29) is 16.9 Å². The van der Waals surface area contributed by atoms with Crippen molar-refractivity contribution in [1.82, 2.24) is 19.1 Å². The van der Waals surface area contributed by atoms with E-state index in [2.05, 4.69) is 24.0 Å². The van der Waals surface area contributed by atoms with Crippen LogP contribution in [0, 0.1) is 0 Å². The highest BCUT2D eigenvalue weighted by Crippen LogP contribution is 2.35. The van der Waals surface area contributed by atoms with Crippen LogP contribution < -0.4 is 9.47 Å². The van der Waals surface area contributed by atoms with Gasteiger partial charge in [0.1, 0.15) is 12.2 Å². The van der Waals surface area contributed by atoms with Crippen LogP contribution in [0.5, 0.6) is 11.5 Å². The minimum absolute atomic E-state index is 0.0360. The first-order valence-corrected chi connectivity index (χ1v) is 11.2. The molecule has 9 heteroatoms. The highest BCUT2D eigenvalue weighted by Gasteiger charge is 2.33. The van der Waals surface area contributed by atoms with Crippen LogP contribution in [0.2, 0.25) is 0 Å². The third-order valence-corrected chi connectivity index (χ3v) is 7.12. The molecule has 0 N–H and O–H groups in total. The summed E-state index contributed by atoms with van der Waals surface area (Å²) in [4.78, 5) is 0.239. The first-order chi connectivity index (χ1) is 13.5. The predicted molar refractivity (Wildman–Crippen MR) is 103 cm³/mol. The molecule has 2 aromatic rings. The standard InChI is InChI=1S/C19H26N4O4S/c1-14(2)23-13-20-21-19(23)15-5-3-8-22(12-15)28(24,25)16-6-7-17-18(11-16)27-10-4-9-26-17/h6-7,11,13-15H,3-5,8-10,12H2,1-2H3/t15-/m0/s1. The summed E-state index contributed by atoms with van der Waals surface area (Å²) in [5.41, 5.74) is 0. The maximum absolute atomic E-state index is 13.3. The molecule has 2 aliphatic rings. The van der Waals surface area contributed by atoms with Crippen molar-refractivity contribution < 1.29 is 17.9 Å². The Kier molecular flexibility index (Phi) is 5.29. The van der Waals surface area contributed by atoms with Gasteiger partial charge >= 0.3 is 0 Å². The monoisotopic (exact) mass is 406 g/mol. The number of hydrogen-bond acceptors (Lipinski definition) is 6. The summed E-state index contributed by atoms with van der Waals surface area (Å²) in [7, 11) is -3.62. The van der Waals surface area contributed by atoms with E-state index >= 15 is 0 Å². The quantitative estimate of drug-likeness (QED) is 0.776. The summed E-state index contributed by atoms with van der Waals surface area (Å²) in [6.07, 6.45) is 4.19. The van der Waals surface area contributed by atoms with Gasteiger partial charge in [-0.1, -0.05) is 0 Å². The van der Waals surface area contributed by atoms with Crippen molar-refractivity contribution in [1.29, 1.82) is 0 Å². The second-order valence-electron chi connectivity index (χ2n) is 7.55. The van der Waals surface area contributed by atoms with E-state index in [0.29, 0.717) is 37.8 Å². The molecule has 1 aromatic heterocycles. The molecule has 8 nitrogen and oxygen atoms in total. The van der Waals surface area contributed by atoms with Crippen molar-refractivity contribution >= 4 is 10.0 Å². The lowest BCUT2D eigenvalue weighted by atomic mass is 9.98. The van der Waals surface area contributed by atoms with Gasteiger partial charge in [0.25, 0.3) is 0 Å². The second-order valence-corrected chi connectivity index (χ2v) is 9.49. The molecule has 0 aliphatic carbocycles. The van der Waals surface area contributed by atoms with E-state index in [1.807, 2.05) is 4.57 Å². The van der Waals surface area contributed by atoms with E-state index in [4.69, 9.17) is 9.47 Å². The third kappa shape index (κ3) is 3.60. The topological polar surface area (TPSA) is 86.6 Å². The Labute approximate surface area is 165 Å². The first-order valence-electron chi connectivity index (χ1n) is 9.76. The molecular weight excluding hydrogens is 380 g/mol. The van der Waals surface area contributed by atoms with Crippen molar-refractivity contribution in [2.24, 2.45) is 0 Å². The fourth-order valence-electron chi connectivity index (χ4n) is 3.77. The molecule has 4 rings (SSSR count). The molecule has 0 bridgehead atoms. The Balaban J connectivity index is 1.59. The average molecular weight is 407 g/mol. The zero-order valence-electron chi connectivity index (χ0n) is 16.2. The lowest BCUT2D eigenvalue weighted by Gasteiger charge is -2.32. The zero-order chi connectivity index (χ0) is 19.7. The molecule has 0 unspecified atom stereocenters. The summed E-state index contributed by atoms with van der Waals surface area (Å²) < 4.78 is 41.4.